The second-order valence-corrected chi connectivity index (χ2v) is 8.32. The van der Waals surface area contributed by atoms with Crippen LogP contribution in [0.15, 0.2) is 33.2 Å². The van der Waals surface area contributed by atoms with Crippen LogP contribution in [0.4, 0.5) is 14.6 Å². The van der Waals surface area contributed by atoms with Crippen LogP contribution in [0, 0.1) is 11.6 Å². The van der Waals surface area contributed by atoms with Crippen molar-refractivity contribution in [1.29, 1.82) is 0 Å². The Hall–Kier alpha value is -2.28. The number of rotatable bonds is 9. The summed E-state index contributed by atoms with van der Waals surface area (Å²) in [5, 5.41) is 12.9. The van der Waals surface area contributed by atoms with E-state index in [-0.39, 0.29) is 39.8 Å². The van der Waals surface area contributed by atoms with Crippen LogP contribution in [0.5, 0.6) is 0 Å². The molecule has 0 radical (unpaired) electrons. The third kappa shape index (κ3) is 5.25. The number of benzene rings is 1. The number of nitrogens with one attached hydrogen (secondary N) is 2. The van der Waals surface area contributed by atoms with Gasteiger partial charge in [0.2, 0.25) is 0 Å². The van der Waals surface area contributed by atoms with E-state index in [9.17, 15) is 18.7 Å². The first kappa shape index (κ1) is 22.4. The Morgan fingerprint density at radius 1 is 1.27 bits per heavy atom. The first-order valence-corrected chi connectivity index (χ1v) is 11.0. The number of aromatic nitrogens is 4. The maximum atomic E-state index is 13.9. The fourth-order valence-corrected chi connectivity index (χ4v) is 3.91. The molecule has 0 aliphatic carbocycles. The highest BCUT2D eigenvalue weighted by Gasteiger charge is 2.16. The summed E-state index contributed by atoms with van der Waals surface area (Å²) >= 11 is 2.30. The van der Waals surface area contributed by atoms with E-state index in [4.69, 9.17) is 5.73 Å². The molecule has 0 bridgehead atoms. The number of fused-ring (bicyclic) bond motifs is 1. The number of aliphatic hydroxyl groups is 1. The summed E-state index contributed by atoms with van der Waals surface area (Å²) in [5.74, 6) is -0.926. The maximum absolute atomic E-state index is 13.9. The van der Waals surface area contributed by atoms with Crippen molar-refractivity contribution in [2.45, 2.75) is 28.9 Å². The molecule has 12 heteroatoms. The van der Waals surface area contributed by atoms with Crippen LogP contribution in [0.3, 0.4) is 0 Å². The summed E-state index contributed by atoms with van der Waals surface area (Å²) in [4.78, 5) is 28.0. The highest BCUT2D eigenvalue weighted by Crippen LogP contribution is 2.27. The maximum Gasteiger partial charge on any atom is 0.282 e. The van der Waals surface area contributed by atoms with E-state index in [2.05, 4.69) is 25.3 Å². The second kappa shape index (κ2) is 10.2. The van der Waals surface area contributed by atoms with E-state index in [0.29, 0.717) is 23.6 Å². The average molecular weight is 455 g/mol. The van der Waals surface area contributed by atoms with Crippen molar-refractivity contribution in [3.8, 4) is 0 Å². The molecule has 30 heavy (non-hydrogen) atoms. The van der Waals surface area contributed by atoms with Crippen LogP contribution in [0.2, 0.25) is 0 Å². The largest absolute Gasteiger partial charge is 0.394 e. The molecule has 2 heterocycles. The fraction of sp³-hybridized carbons (Fsp3) is 0.333. The van der Waals surface area contributed by atoms with Gasteiger partial charge in [-0.3, -0.25) is 4.79 Å². The quantitative estimate of drug-likeness (QED) is 0.284. The summed E-state index contributed by atoms with van der Waals surface area (Å²) < 4.78 is 27.3. The molecule has 0 saturated heterocycles. The zero-order chi connectivity index (χ0) is 21.7. The molecule has 0 amide bonds. The molecular weight excluding hydrogens is 434 g/mol. The lowest BCUT2D eigenvalue weighted by Gasteiger charge is -2.14. The lowest BCUT2D eigenvalue weighted by molar-refractivity contribution is 0.281. The van der Waals surface area contributed by atoms with Crippen molar-refractivity contribution >= 4 is 40.5 Å². The number of aliphatic hydroxyl groups excluding tert-OH is 1. The number of anilines is 1. The van der Waals surface area contributed by atoms with Gasteiger partial charge in [-0.05, 0) is 13.0 Å². The summed E-state index contributed by atoms with van der Waals surface area (Å²) in [6.07, 6.45) is 0. The Balaban J connectivity index is 1.98. The number of thioether (sulfide) groups is 2. The van der Waals surface area contributed by atoms with Crippen LogP contribution in [-0.2, 0) is 5.75 Å². The van der Waals surface area contributed by atoms with Gasteiger partial charge >= 0.3 is 0 Å². The van der Waals surface area contributed by atoms with Crippen molar-refractivity contribution in [3.63, 3.8) is 0 Å². The van der Waals surface area contributed by atoms with Gasteiger partial charge in [0, 0.05) is 29.7 Å². The van der Waals surface area contributed by atoms with Crippen LogP contribution < -0.4 is 16.6 Å². The summed E-state index contributed by atoms with van der Waals surface area (Å²) in [7, 11) is 0. The number of aromatic amines is 1. The van der Waals surface area contributed by atoms with Gasteiger partial charge in [-0.2, -0.15) is 0 Å². The van der Waals surface area contributed by atoms with E-state index in [1.165, 1.54) is 23.9 Å². The van der Waals surface area contributed by atoms with Crippen LogP contribution in [0.1, 0.15) is 12.5 Å². The molecule has 0 fully saturated rings. The molecule has 1 atom stereocenters. The predicted molar refractivity (Wildman–Crippen MR) is 114 cm³/mol. The molecule has 2 aromatic heterocycles. The van der Waals surface area contributed by atoms with Gasteiger partial charge in [0.1, 0.15) is 5.52 Å². The molecule has 0 aliphatic heterocycles. The summed E-state index contributed by atoms with van der Waals surface area (Å²) in [5.41, 5.74) is 5.78. The minimum Gasteiger partial charge on any atom is -0.394 e. The SMILES string of the molecule is C[C@H](CO)Nc1nc(SCc2cccc(F)c2F)nc2[nH]c(=O)c(SCCN)nc12. The third-order valence-corrected chi connectivity index (χ3v) is 5.79. The highest BCUT2D eigenvalue weighted by molar-refractivity contribution is 7.99. The Labute approximate surface area is 179 Å². The van der Waals surface area contributed by atoms with Crippen molar-refractivity contribution in [2.24, 2.45) is 5.73 Å². The van der Waals surface area contributed by atoms with Gasteiger partial charge in [0.05, 0.1) is 6.61 Å². The number of halogens is 2. The molecule has 0 saturated carbocycles. The van der Waals surface area contributed by atoms with E-state index in [1.807, 2.05) is 0 Å². The van der Waals surface area contributed by atoms with Gasteiger partial charge in [-0.15, -0.1) is 0 Å². The molecule has 5 N–H and O–H groups in total. The number of hydrogen-bond acceptors (Lipinski definition) is 9. The van der Waals surface area contributed by atoms with E-state index >= 15 is 0 Å². The monoisotopic (exact) mass is 454 g/mol. The molecule has 8 nitrogen and oxygen atoms in total. The molecule has 1 aromatic carbocycles. The predicted octanol–water partition coefficient (Wildman–Crippen LogP) is 2.13. The molecule has 0 unspecified atom stereocenters. The smallest absolute Gasteiger partial charge is 0.282 e. The van der Waals surface area contributed by atoms with Gasteiger partial charge in [0.15, 0.2) is 33.3 Å². The standard InChI is InChI=1S/C18H20F2N6O2S2/c1-9(7-27)22-14-13-15(24-16(28)17(23-13)29-6-5-21)26-18(25-14)30-8-10-3-2-4-11(19)12(10)20/h2-4,9,27H,5-8,21H2,1H3,(H2,22,24,25,26,28)/t9-/m1/s1. The lowest BCUT2D eigenvalue weighted by atomic mass is 10.2. The van der Waals surface area contributed by atoms with E-state index < -0.39 is 17.2 Å². The molecular formula is C18H20F2N6O2S2. The minimum atomic E-state index is -0.928. The Morgan fingerprint density at radius 2 is 2.07 bits per heavy atom. The van der Waals surface area contributed by atoms with E-state index in [1.54, 1.807) is 6.92 Å². The van der Waals surface area contributed by atoms with Gasteiger partial charge < -0.3 is 21.1 Å². The first-order valence-electron chi connectivity index (χ1n) is 9.01. The van der Waals surface area contributed by atoms with Gasteiger partial charge in [-0.25, -0.2) is 23.7 Å². The molecule has 0 spiro atoms. The topological polar surface area (TPSA) is 130 Å². The molecule has 3 aromatic rings. The van der Waals surface area contributed by atoms with Gasteiger partial charge in [-0.1, -0.05) is 35.7 Å². The van der Waals surface area contributed by atoms with Crippen molar-refractivity contribution in [1.82, 2.24) is 19.9 Å². The minimum absolute atomic E-state index is 0.0895. The van der Waals surface area contributed by atoms with E-state index in [0.717, 1.165) is 17.8 Å². The summed E-state index contributed by atoms with van der Waals surface area (Å²) in [6, 6.07) is 3.61. The number of H-pyrrole nitrogens is 1. The number of hydrogen-bond donors (Lipinski definition) is 4. The normalized spacial score (nSPS) is 12.3. The van der Waals surface area contributed by atoms with Crippen molar-refractivity contribution in [2.75, 3.05) is 24.2 Å². The zero-order valence-corrected chi connectivity index (χ0v) is 17.6. The Bertz CT molecular complexity index is 1100. The van der Waals surface area contributed by atoms with Crippen LogP contribution in [0.25, 0.3) is 11.2 Å². The van der Waals surface area contributed by atoms with Crippen molar-refractivity contribution < 1.29 is 13.9 Å². The van der Waals surface area contributed by atoms with Crippen molar-refractivity contribution in [3.05, 3.63) is 45.8 Å². The van der Waals surface area contributed by atoms with Gasteiger partial charge in [0.25, 0.3) is 5.56 Å². The Kier molecular flexibility index (Phi) is 7.58. The third-order valence-electron chi connectivity index (χ3n) is 3.90. The summed E-state index contributed by atoms with van der Waals surface area (Å²) in [6.45, 7) is 1.98. The average Bonchev–Trinajstić information content (AvgIpc) is 2.73. The number of nitrogens with zero attached hydrogens (tertiary/aromatic N) is 3. The molecule has 3 rings (SSSR count). The second-order valence-electron chi connectivity index (χ2n) is 6.29. The highest BCUT2D eigenvalue weighted by atomic mass is 32.2. The Morgan fingerprint density at radius 3 is 2.80 bits per heavy atom. The van der Waals surface area contributed by atoms with Crippen LogP contribution >= 0.6 is 23.5 Å². The first-order chi connectivity index (χ1) is 14.4. The van der Waals surface area contributed by atoms with Crippen LogP contribution in [-0.4, -0.2) is 50.0 Å². The lowest BCUT2D eigenvalue weighted by Crippen LogP contribution is -2.22. The zero-order valence-electron chi connectivity index (χ0n) is 16.0. The molecule has 0 aliphatic rings. The number of nitrogens with two attached hydrogens (primary N) is 1. The molecule has 160 valence electrons. The fourth-order valence-electron chi connectivity index (χ4n) is 2.44.